The second kappa shape index (κ2) is 6.91. The molecule has 0 saturated heterocycles. The molecule has 6 heteroatoms. The molecule has 0 aliphatic heterocycles. The highest BCUT2D eigenvalue weighted by Crippen LogP contribution is 2.38. The lowest BCUT2D eigenvalue weighted by atomic mass is 10.1. The summed E-state index contributed by atoms with van der Waals surface area (Å²) < 4.78 is 15.5. The molecule has 0 aliphatic carbocycles. The van der Waals surface area contributed by atoms with Crippen molar-refractivity contribution < 1.29 is 24.1 Å². The molecule has 19 heavy (non-hydrogen) atoms. The van der Waals surface area contributed by atoms with Crippen molar-refractivity contribution in [2.45, 2.75) is 0 Å². The molecule has 1 N–H and O–H groups in total. The lowest BCUT2D eigenvalue weighted by Crippen LogP contribution is -2.00. The van der Waals surface area contributed by atoms with Crippen molar-refractivity contribution in [2.75, 3.05) is 20.8 Å². The fraction of sp³-hybridized carbons (Fsp3) is 0.231. The molecule has 0 fully saturated rings. The predicted molar refractivity (Wildman–Crippen MR) is 67.3 cm³/mol. The largest absolute Gasteiger partial charge is 0.493 e. The highest BCUT2D eigenvalue weighted by atomic mass is 16.5. The minimum absolute atomic E-state index is 0.142. The SMILES string of the molecule is COc1cc(/C=C/C(=O)O)cc(OC)c1OCC#N. The molecule has 1 aromatic rings. The van der Waals surface area contributed by atoms with E-state index in [4.69, 9.17) is 24.6 Å². The van der Waals surface area contributed by atoms with Crippen LogP contribution in [0.1, 0.15) is 5.56 Å². The molecule has 0 unspecified atom stereocenters. The number of nitrogens with zero attached hydrogens (tertiary/aromatic N) is 1. The van der Waals surface area contributed by atoms with E-state index in [-0.39, 0.29) is 6.61 Å². The lowest BCUT2D eigenvalue weighted by Gasteiger charge is -2.13. The van der Waals surface area contributed by atoms with Crippen LogP contribution in [0.3, 0.4) is 0 Å². The van der Waals surface area contributed by atoms with Crippen molar-refractivity contribution >= 4 is 12.0 Å². The van der Waals surface area contributed by atoms with Crippen LogP contribution >= 0.6 is 0 Å². The van der Waals surface area contributed by atoms with Gasteiger partial charge >= 0.3 is 5.97 Å². The molecule has 1 aromatic carbocycles. The second-order valence-electron chi connectivity index (χ2n) is 3.37. The molecule has 0 aromatic heterocycles. The van der Waals surface area contributed by atoms with Crippen LogP contribution in [0.2, 0.25) is 0 Å². The van der Waals surface area contributed by atoms with Crippen LogP contribution in [0, 0.1) is 11.3 Å². The molecule has 0 aliphatic rings. The first kappa shape index (κ1) is 14.4. The van der Waals surface area contributed by atoms with Gasteiger partial charge in [0.15, 0.2) is 18.1 Å². The number of ether oxygens (including phenoxy) is 3. The summed E-state index contributed by atoms with van der Waals surface area (Å²) in [5, 5.41) is 17.1. The van der Waals surface area contributed by atoms with E-state index in [0.29, 0.717) is 22.8 Å². The van der Waals surface area contributed by atoms with Gasteiger partial charge in [0, 0.05) is 6.08 Å². The fourth-order valence-electron chi connectivity index (χ4n) is 1.41. The number of rotatable bonds is 6. The molecular formula is C13H13NO5. The zero-order chi connectivity index (χ0) is 14.3. The van der Waals surface area contributed by atoms with E-state index >= 15 is 0 Å². The Bertz CT molecular complexity index is 505. The van der Waals surface area contributed by atoms with Gasteiger partial charge in [-0.25, -0.2) is 4.79 Å². The number of benzene rings is 1. The Labute approximate surface area is 110 Å². The summed E-state index contributed by atoms with van der Waals surface area (Å²) >= 11 is 0. The summed E-state index contributed by atoms with van der Waals surface area (Å²) in [6.07, 6.45) is 2.41. The summed E-state index contributed by atoms with van der Waals surface area (Å²) in [7, 11) is 2.89. The van der Waals surface area contributed by atoms with Gasteiger partial charge in [-0.15, -0.1) is 0 Å². The smallest absolute Gasteiger partial charge is 0.328 e. The van der Waals surface area contributed by atoms with Gasteiger partial charge in [0.05, 0.1) is 14.2 Å². The molecule has 0 radical (unpaired) electrons. The fourth-order valence-corrected chi connectivity index (χ4v) is 1.41. The molecule has 0 bridgehead atoms. The number of methoxy groups -OCH3 is 2. The highest BCUT2D eigenvalue weighted by Gasteiger charge is 2.13. The first-order valence-corrected chi connectivity index (χ1v) is 5.29. The molecule has 0 spiro atoms. The zero-order valence-electron chi connectivity index (χ0n) is 10.5. The Morgan fingerprint density at radius 1 is 1.37 bits per heavy atom. The monoisotopic (exact) mass is 263 g/mol. The van der Waals surface area contributed by atoms with Crippen LogP contribution in [-0.4, -0.2) is 31.9 Å². The number of hydrogen-bond acceptors (Lipinski definition) is 5. The standard InChI is InChI=1S/C13H13NO5/c1-17-10-7-9(3-4-12(15)16)8-11(18-2)13(10)19-6-5-14/h3-4,7-8H,6H2,1-2H3,(H,15,16)/b4-3+. The molecule has 0 saturated carbocycles. The number of aliphatic carboxylic acids is 1. The van der Waals surface area contributed by atoms with Crippen LogP contribution in [-0.2, 0) is 4.79 Å². The summed E-state index contributed by atoms with van der Waals surface area (Å²) in [5.74, 6) is -0.0268. The average Bonchev–Trinajstić information content (AvgIpc) is 2.42. The van der Waals surface area contributed by atoms with Gasteiger partial charge in [0.2, 0.25) is 5.75 Å². The van der Waals surface area contributed by atoms with Crippen molar-refractivity contribution in [1.82, 2.24) is 0 Å². The summed E-state index contributed by atoms with van der Waals surface area (Å²) in [6, 6.07) is 5.03. The van der Waals surface area contributed by atoms with Gasteiger partial charge in [-0.05, 0) is 23.8 Å². The minimum Gasteiger partial charge on any atom is -0.493 e. The third kappa shape index (κ3) is 3.92. The Morgan fingerprint density at radius 3 is 2.37 bits per heavy atom. The van der Waals surface area contributed by atoms with Crippen molar-refractivity contribution in [3.63, 3.8) is 0 Å². The van der Waals surface area contributed by atoms with E-state index in [0.717, 1.165) is 6.08 Å². The number of carbonyl (C=O) groups is 1. The van der Waals surface area contributed by atoms with E-state index in [1.54, 1.807) is 12.1 Å². The Kier molecular flexibility index (Phi) is 5.23. The Morgan fingerprint density at radius 2 is 1.95 bits per heavy atom. The number of carboxylic acid groups (broad SMARTS) is 1. The van der Waals surface area contributed by atoms with E-state index in [2.05, 4.69) is 0 Å². The maximum atomic E-state index is 10.5. The minimum atomic E-state index is -1.05. The molecule has 0 heterocycles. The van der Waals surface area contributed by atoms with Crippen molar-refractivity contribution in [3.8, 4) is 23.3 Å². The van der Waals surface area contributed by atoms with Crippen LogP contribution in [0.4, 0.5) is 0 Å². The normalized spacial score (nSPS) is 9.95. The van der Waals surface area contributed by atoms with Gasteiger partial charge in [0.1, 0.15) is 6.07 Å². The molecule has 1 rings (SSSR count). The van der Waals surface area contributed by atoms with Crippen LogP contribution in [0.5, 0.6) is 17.2 Å². The van der Waals surface area contributed by atoms with E-state index < -0.39 is 5.97 Å². The summed E-state index contributed by atoms with van der Waals surface area (Å²) in [4.78, 5) is 10.5. The first-order valence-electron chi connectivity index (χ1n) is 5.29. The van der Waals surface area contributed by atoms with Crippen LogP contribution in [0.25, 0.3) is 6.08 Å². The van der Waals surface area contributed by atoms with Gasteiger partial charge < -0.3 is 19.3 Å². The second-order valence-corrected chi connectivity index (χ2v) is 3.37. The summed E-state index contributed by atoms with van der Waals surface area (Å²) in [6.45, 7) is -0.142. The van der Waals surface area contributed by atoms with Crippen LogP contribution in [0.15, 0.2) is 18.2 Å². The Hall–Kier alpha value is -2.68. The lowest BCUT2D eigenvalue weighted by molar-refractivity contribution is -0.131. The van der Waals surface area contributed by atoms with Gasteiger partial charge in [0.25, 0.3) is 0 Å². The summed E-state index contributed by atoms with van der Waals surface area (Å²) in [5.41, 5.74) is 0.584. The zero-order valence-corrected chi connectivity index (χ0v) is 10.5. The highest BCUT2D eigenvalue weighted by molar-refractivity contribution is 5.85. The van der Waals surface area contributed by atoms with Crippen molar-refractivity contribution in [2.24, 2.45) is 0 Å². The molecule has 0 amide bonds. The number of hydrogen-bond donors (Lipinski definition) is 1. The molecule has 6 nitrogen and oxygen atoms in total. The van der Waals surface area contributed by atoms with E-state index in [1.165, 1.54) is 20.3 Å². The van der Waals surface area contributed by atoms with Crippen molar-refractivity contribution in [3.05, 3.63) is 23.8 Å². The van der Waals surface area contributed by atoms with E-state index in [9.17, 15) is 4.79 Å². The van der Waals surface area contributed by atoms with Gasteiger partial charge in [-0.2, -0.15) is 5.26 Å². The maximum absolute atomic E-state index is 10.5. The predicted octanol–water partition coefficient (Wildman–Crippen LogP) is 1.70. The number of carboxylic acids is 1. The topological polar surface area (TPSA) is 88.8 Å². The molecule has 100 valence electrons. The van der Waals surface area contributed by atoms with Gasteiger partial charge in [-0.1, -0.05) is 0 Å². The average molecular weight is 263 g/mol. The van der Waals surface area contributed by atoms with Crippen LogP contribution < -0.4 is 14.2 Å². The molecular weight excluding hydrogens is 250 g/mol. The molecule has 0 atom stereocenters. The van der Waals surface area contributed by atoms with E-state index in [1.807, 2.05) is 6.07 Å². The van der Waals surface area contributed by atoms with Gasteiger partial charge in [-0.3, -0.25) is 0 Å². The number of nitriles is 1. The Balaban J connectivity index is 3.20. The maximum Gasteiger partial charge on any atom is 0.328 e. The first-order chi connectivity index (χ1) is 9.12. The third-order valence-corrected chi connectivity index (χ3v) is 2.18. The quantitative estimate of drug-likeness (QED) is 0.786. The third-order valence-electron chi connectivity index (χ3n) is 2.18. The van der Waals surface area contributed by atoms with Crippen molar-refractivity contribution in [1.29, 1.82) is 5.26 Å².